The quantitative estimate of drug-likeness (QED) is 0.743. The van der Waals surface area contributed by atoms with E-state index in [9.17, 15) is 4.79 Å². The third kappa shape index (κ3) is 4.47. The Morgan fingerprint density at radius 3 is 2.96 bits per heavy atom. The first-order chi connectivity index (χ1) is 13.2. The van der Waals surface area contributed by atoms with Crippen LogP contribution in [0, 0.1) is 11.8 Å². The summed E-state index contributed by atoms with van der Waals surface area (Å²) in [7, 11) is 0. The van der Waals surface area contributed by atoms with Crippen molar-refractivity contribution in [3.05, 3.63) is 24.3 Å². The Kier molecular flexibility index (Phi) is 5.38. The number of para-hydroxylation sites is 1. The van der Waals surface area contributed by atoms with Crippen molar-refractivity contribution in [1.29, 1.82) is 0 Å². The zero-order valence-corrected chi connectivity index (χ0v) is 15.8. The molecule has 27 heavy (non-hydrogen) atoms. The van der Waals surface area contributed by atoms with Gasteiger partial charge in [0.15, 0.2) is 0 Å². The molecule has 0 spiro atoms. The molecule has 1 unspecified atom stereocenters. The van der Waals surface area contributed by atoms with E-state index in [0.29, 0.717) is 17.8 Å². The topological polar surface area (TPSA) is 83.3 Å². The van der Waals surface area contributed by atoms with Gasteiger partial charge in [-0.05, 0) is 56.8 Å². The van der Waals surface area contributed by atoms with Crippen molar-refractivity contribution in [1.82, 2.24) is 15.0 Å². The van der Waals surface area contributed by atoms with Gasteiger partial charge in [-0.1, -0.05) is 24.2 Å². The van der Waals surface area contributed by atoms with Crippen molar-refractivity contribution in [3.8, 4) is 11.4 Å². The van der Waals surface area contributed by atoms with Gasteiger partial charge < -0.3 is 20.1 Å². The van der Waals surface area contributed by atoms with Crippen LogP contribution in [0.1, 0.15) is 32.6 Å². The number of hydrogen-bond donors (Lipinski definition) is 2. The van der Waals surface area contributed by atoms with E-state index in [0.717, 1.165) is 37.2 Å². The van der Waals surface area contributed by atoms with E-state index in [1.165, 1.54) is 25.9 Å². The number of benzene rings is 1. The maximum absolute atomic E-state index is 12.1. The largest absolute Gasteiger partial charge is 0.337 e. The standard InChI is InChI=1S/C20H27N5O2/c1-2-10-25-11-9-14(13-25)12-21-20-23-18(24-27-20)16-5-3-4-6-17(16)22-19(26)15-7-8-15/h3-6,14-15H,2,7-13H2,1H3,(H,22,26)(H,21,23,24). The van der Waals surface area contributed by atoms with E-state index in [4.69, 9.17) is 4.52 Å². The van der Waals surface area contributed by atoms with Crippen molar-refractivity contribution in [2.45, 2.75) is 32.6 Å². The average Bonchev–Trinajstić information content (AvgIpc) is 3.26. The van der Waals surface area contributed by atoms with Crippen molar-refractivity contribution >= 4 is 17.6 Å². The molecular formula is C20H27N5O2. The van der Waals surface area contributed by atoms with Gasteiger partial charge in [0.25, 0.3) is 0 Å². The highest BCUT2D eigenvalue weighted by Gasteiger charge is 2.30. The minimum atomic E-state index is 0.0714. The number of nitrogens with one attached hydrogen (secondary N) is 2. The van der Waals surface area contributed by atoms with Crippen molar-refractivity contribution in [2.24, 2.45) is 11.8 Å². The molecule has 1 atom stereocenters. The Morgan fingerprint density at radius 2 is 2.15 bits per heavy atom. The Morgan fingerprint density at radius 1 is 1.30 bits per heavy atom. The van der Waals surface area contributed by atoms with E-state index in [1.807, 2.05) is 24.3 Å². The summed E-state index contributed by atoms with van der Waals surface area (Å²) >= 11 is 0. The smallest absolute Gasteiger partial charge is 0.321 e. The molecular weight excluding hydrogens is 342 g/mol. The van der Waals surface area contributed by atoms with E-state index in [2.05, 4.69) is 32.6 Å². The Balaban J connectivity index is 1.37. The predicted molar refractivity (Wildman–Crippen MR) is 104 cm³/mol. The summed E-state index contributed by atoms with van der Waals surface area (Å²) in [5.74, 6) is 1.32. The summed E-state index contributed by atoms with van der Waals surface area (Å²) in [6, 6.07) is 8.01. The molecule has 1 saturated heterocycles. The van der Waals surface area contributed by atoms with Gasteiger partial charge in [0.05, 0.1) is 5.69 Å². The van der Waals surface area contributed by atoms with Gasteiger partial charge in [0.2, 0.25) is 11.7 Å². The second-order valence-electron chi connectivity index (χ2n) is 7.57. The summed E-state index contributed by atoms with van der Waals surface area (Å²) in [4.78, 5) is 19.1. The molecule has 1 aromatic carbocycles. The van der Waals surface area contributed by atoms with E-state index >= 15 is 0 Å². The molecule has 2 aliphatic rings. The van der Waals surface area contributed by atoms with Crippen LogP contribution >= 0.6 is 0 Å². The molecule has 2 aromatic rings. The zero-order valence-electron chi connectivity index (χ0n) is 15.8. The minimum absolute atomic E-state index is 0.0714. The molecule has 1 saturated carbocycles. The molecule has 4 rings (SSSR count). The number of amides is 1. The lowest BCUT2D eigenvalue weighted by Gasteiger charge is -2.14. The molecule has 1 aliphatic heterocycles. The fraction of sp³-hybridized carbons (Fsp3) is 0.550. The Bertz CT molecular complexity index is 786. The maximum atomic E-state index is 12.1. The van der Waals surface area contributed by atoms with Crippen molar-refractivity contribution in [2.75, 3.05) is 36.8 Å². The van der Waals surface area contributed by atoms with Crippen LogP contribution in [0.4, 0.5) is 11.7 Å². The van der Waals surface area contributed by atoms with Gasteiger partial charge in [0, 0.05) is 24.6 Å². The molecule has 2 fully saturated rings. The van der Waals surface area contributed by atoms with Crippen molar-refractivity contribution < 1.29 is 9.32 Å². The first-order valence-electron chi connectivity index (χ1n) is 9.93. The van der Waals surface area contributed by atoms with E-state index in [-0.39, 0.29) is 11.8 Å². The molecule has 0 bridgehead atoms. The summed E-state index contributed by atoms with van der Waals surface area (Å²) in [6.45, 7) is 6.52. The summed E-state index contributed by atoms with van der Waals surface area (Å²) in [5.41, 5.74) is 1.51. The van der Waals surface area contributed by atoms with Crippen LogP contribution in [0.2, 0.25) is 0 Å². The third-order valence-electron chi connectivity index (χ3n) is 5.25. The van der Waals surface area contributed by atoms with Crippen LogP contribution in [-0.2, 0) is 4.79 Å². The highest BCUT2D eigenvalue weighted by atomic mass is 16.5. The number of carbonyl (C=O) groups is 1. The molecule has 7 heteroatoms. The maximum Gasteiger partial charge on any atom is 0.321 e. The van der Waals surface area contributed by atoms with Gasteiger partial charge in [-0.3, -0.25) is 4.79 Å². The minimum Gasteiger partial charge on any atom is -0.337 e. The van der Waals surface area contributed by atoms with Crippen LogP contribution in [0.25, 0.3) is 11.4 Å². The van der Waals surface area contributed by atoms with Crippen LogP contribution in [0.15, 0.2) is 28.8 Å². The van der Waals surface area contributed by atoms with Crippen molar-refractivity contribution in [3.63, 3.8) is 0 Å². The summed E-state index contributed by atoms with van der Waals surface area (Å²) in [5, 5.41) is 10.4. The number of aromatic nitrogens is 2. The lowest BCUT2D eigenvalue weighted by Crippen LogP contribution is -2.23. The Hall–Kier alpha value is -2.41. The zero-order chi connectivity index (χ0) is 18.6. The predicted octanol–water partition coefficient (Wildman–Crippen LogP) is 3.23. The fourth-order valence-corrected chi connectivity index (χ4v) is 3.60. The average molecular weight is 369 g/mol. The van der Waals surface area contributed by atoms with Gasteiger partial charge in [-0.15, -0.1) is 0 Å². The Labute approximate surface area is 159 Å². The van der Waals surface area contributed by atoms with Crippen LogP contribution < -0.4 is 10.6 Å². The molecule has 1 aromatic heterocycles. The SMILES string of the molecule is CCCN1CCC(CNc2nc(-c3ccccc3NC(=O)C3CC3)no2)C1. The molecule has 2 N–H and O–H groups in total. The second kappa shape index (κ2) is 8.08. The number of anilines is 2. The summed E-state index contributed by atoms with van der Waals surface area (Å²) < 4.78 is 5.37. The second-order valence-corrected chi connectivity index (χ2v) is 7.57. The first kappa shape index (κ1) is 18.0. The van der Waals surface area contributed by atoms with Gasteiger partial charge in [-0.25, -0.2) is 0 Å². The third-order valence-corrected chi connectivity index (χ3v) is 5.25. The van der Waals surface area contributed by atoms with E-state index in [1.54, 1.807) is 0 Å². The normalized spacial score (nSPS) is 20.0. The van der Waals surface area contributed by atoms with Gasteiger partial charge in [-0.2, -0.15) is 4.98 Å². The van der Waals surface area contributed by atoms with E-state index < -0.39 is 0 Å². The number of likely N-dealkylation sites (tertiary alicyclic amines) is 1. The van der Waals surface area contributed by atoms with Crippen LogP contribution in [0.5, 0.6) is 0 Å². The number of rotatable bonds is 8. The van der Waals surface area contributed by atoms with Crippen LogP contribution in [0.3, 0.4) is 0 Å². The van der Waals surface area contributed by atoms with Gasteiger partial charge >= 0.3 is 6.01 Å². The number of nitrogens with zero attached hydrogens (tertiary/aromatic N) is 3. The highest BCUT2D eigenvalue weighted by Crippen LogP contribution is 2.32. The molecule has 144 valence electrons. The monoisotopic (exact) mass is 369 g/mol. The molecule has 1 aliphatic carbocycles. The molecule has 7 nitrogen and oxygen atoms in total. The fourth-order valence-electron chi connectivity index (χ4n) is 3.60. The molecule has 0 radical (unpaired) electrons. The molecule has 2 heterocycles. The van der Waals surface area contributed by atoms with Crippen LogP contribution in [-0.4, -0.2) is 47.1 Å². The lowest BCUT2D eigenvalue weighted by molar-refractivity contribution is -0.117. The first-order valence-corrected chi connectivity index (χ1v) is 9.93. The number of hydrogen-bond acceptors (Lipinski definition) is 6. The number of carbonyl (C=O) groups excluding carboxylic acids is 1. The molecule has 1 amide bonds. The highest BCUT2D eigenvalue weighted by molar-refractivity contribution is 5.97. The van der Waals surface area contributed by atoms with Gasteiger partial charge in [0.1, 0.15) is 0 Å². The summed E-state index contributed by atoms with van der Waals surface area (Å²) in [6.07, 6.45) is 4.34. The lowest BCUT2D eigenvalue weighted by atomic mass is 10.1.